The Hall–Kier alpha value is -3.42. The third-order valence-electron chi connectivity index (χ3n) is 5.31. The van der Waals surface area contributed by atoms with Crippen LogP contribution in [0.5, 0.6) is 23.0 Å². The maximum absolute atomic E-state index is 12.3. The molecule has 30 heavy (non-hydrogen) atoms. The summed E-state index contributed by atoms with van der Waals surface area (Å²) in [6.45, 7) is 4.10. The highest BCUT2D eigenvalue weighted by atomic mass is 16.5. The molecule has 0 aromatic heterocycles. The summed E-state index contributed by atoms with van der Waals surface area (Å²) >= 11 is 0. The molecule has 2 aromatic rings. The minimum Gasteiger partial charge on any atom is -0.504 e. The van der Waals surface area contributed by atoms with Crippen LogP contribution in [0.3, 0.4) is 0 Å². The highest BCUT2D eigenvalue weighted by Crippen LogP contribution is 2.54. The third-order valence-corrected chi connectivity index (χ3v) is 5.31. The first-order valence-corrected chi connectivity index (χ1v) is 9.68. The zero-order chi connectivity index (χ0) is 22.0. The van der Waals surface area contributed by atoms with Crippen molar-refractivity contribution in [2.75, 3.05) is 13.2 Å². The van der Waals surface area contributed by atoms with Gasteiger partial charge in [-0.15, -0.1) is 0 Å². The molecule has 0 heterocycles. The van der Waals surface area contributed by atoms with Crippen LogP contribution >= 0.6 is 0 Å². The predicted octanol–water partition coefficient (Wildman–Crippen LogP) is 3.30. The van der Waals surface area contributed by atoms with Crippen molar-refractivity contribution in [3.63, 3.8) is 0 Å². The summed E-state index contributed by atoms with van der Waals surface area (Å²) in [4.78, 5) is 23.8. The number of ether oxygens (including phenoxy) is 2. The number of aliphatic carboxylic acids is 2. The Bertz CT molecular complexity index is 968. The Kier molecular flexibility index (Phi) is 6.05. The van der Waals surface area contributed by atoms with Crippen molar-refractivity contribution < 1.29 is 39.5 Å². The van der Waals surface area contributed by atoms with Crippen LogP contribution in [0.1, 0.15) is 48.8 Å². The lowest BCUT2D eigenvalue weighted by Crippen LogP contribution is -2.24. The van der Waals surface area contributed by atoms with E-state index in [0.29, 0.717) is 23.3 Å². The second-order valence-electron chi connectivity index (χ2n) is 7.09. The van der Waals surface area contributed by atoms with Gasteiger partial charge in [-0.3, -0.25) is 9.59 Å². The van der Waals surface area contributed by atoms with E-state index in [0.717, 1.165) is 0 Å². The molecular formula is C22H24O8. The number of fused-ring (bicyclic) bond motifs is 1. The van der Waals surface area contributed by atoms with Crippen molar-refractivity contribution in [3.8, 4) is 23.0 Å². The molecule has 3 atom stereocenters. The van der Waals surface area contributed by atoms with Gasteiger partial charge in [0.1, 0.15) is 0 Å². The van der Waals surface area contributed by atoms with Gasteiger partial charge >= 0.3 is 11.9 Å². The molecule has 0 aliphatic heterocycles. The molecule has 0 spiro atoms. The van der Waals surface area contributed by atoms with Crippen LogP contribution in [0, 0.1) is 5.92 Å². The van der Waals surface area contributed by atoms with Crippen molar-refractivity contribution in [3.05, 3.63) is 47.0 Å². The second kappa shape index (κ2) is 8.52. The standard InChI is InChI=1S/C22H24O8/c1-3-29-17-7-11(5-6-15(17)23)20-13-8-16(24)18(30-4-2)9-12(13)14(10-19(25)26)21(20)22(27)28/h5-9,14,20-21,23-24H,3-4,10H2,1-2H3,(H,25,26)(H,27,28)/t14-,20-,21-/m1/s1. The quantitative estimate of drug-likeness (QED) is 0.515. The molecule has 0 amide bonds. The first kappa shape index (κ1) is 21.3. The van der Waals surface area contributed by atoms with Crippen molar-refractivity contribution in [2.45, 2.75) is 32.1 Å². The van der Waals surface area contributed by atoms with Gasteiger partial charge in [0.05, 0.1) is 25.6 Å². The molecule has 8 heteroatoms. The average molecular weight is 416 g/mol. The van der Waals surface area contributed by atoms with Gasteiger partial charge in [0, 0.05) is 11.8 Å². The summed E-state index contributed by atoms with van der Waals surface area (Å²) in [5.74, 6) is -4.74. The molecule has 0 bridgehead atoms. The summed E-state index contributed by atoms with van der Waals surface area (Å²) in [5.41, 5.74) is 1.58. The van der Waals surface area contributed by atoms with E-state index >= 15 is 0 Å². The van der Waals surface area contributed by atoms with Crippen molar-refractivity contribution >= 4 is 11.9 Å². The zero-order valence-electron chi connectivity index (χ0n) is 16.7. The number of aromatic hydroxyl groups is 2. The van der Waals surface area contributed by atoms with E-state index in [1.165, 1.54) is 18.2 Å². The Labute approximate surface area is 173 Å². The van der Waals surface area contributed by atoms with E-state index in [1.54, 1.807) is 26.0 Å². The fourth-order valence-corrected chi connectivity index (χ4v) is 4.20. The van der Waals surface area contributed by atoms with Crippen LogP contribution in [0.25, 0.3) is 0 Å². The predicted molar refractivity (Wildman–Crippen MR) is 107 cm³/mol. The van der Waals surface area contributed by atoms with Gasteiger partial charge < -0.3 is 29.9 Å². The van der Waals surface area contributed by atoms with Crippen LogP contribution in [-0.2, 0) is 9.59 Å². The minimum atomic E-state index is -1.15. The van der Waals surface area contributed by atoms with E-state index in [2.05, 4.69) is 0 Å². The van der Waals surface area contributed by atoms with Gasteiger partial charge in [0.25, 0.3) is 0 Å². The van der Waals surface area contributed by atoms with Gasteiger partial charge in [-0.25, -0.2) is 0 Å². The van der Waals surface area contributed by atoms with Crippen molar-refractivity contribution in [1.29, 1.82) is 0 Å². The number of carboxylic acids is 2. The van der Waals surface area contributed by atoms with E-state index in [1.807, 2.05) is 0 Å². The fraction of sp³-hybridized carbons (Fsp3) is 0.364. The SMILES string of the molecule is CCOc1cc([C@@H]2c3cc(O)c(OCC)cc3[C@@H](CC(=O)O)[C@H]2C(=O)O)ccc1O. The molecule has 3 rings (SSSR count). The normalized spacial score (nSPS) is 19.9. The third kappa shape index (κ3) is 3.85. The molecule has 0 fully saturated rings. The van der Waals surface area contributed by atoms with Crippen LogP contribution in [0.15, 0.2) is 30.3 Å². The molecule has 0 saturated carbocycles. The summed E-state index contributed by atoms with van der Waals surface area (Å²) < 4.78 is 10.8. The number of carbonyl (C=O) groups is 2. The Morgan fingerprint density at radius 2 is 1.53 bits per heavy atom. The number of hydrogen-bond donors (Lipinski definition) is 4. The summed E-state index contributed by atoms with van der Waals surface area (Å²) in [6, 6.07) is 7.52. The van der Waals surface area contributed by atoms with Gasteiger partial charge in [0.2, 0.25) is 0 Å². The number of benzene rings is 2. The van der Waals surface area contributed by atoms with Crippen LogP contribution in [-0.4, -0.2) is 45.6 Å². The van der Waals surface area contributed by atoms with E-state index in [-0.39, 0.29) is 36.0 Å². The number of rotatable bonds is 8. The molecule has 0 unspecified atom stereocenters. The minimum absolute atomic E-state index is 0.0812. The summed E-state index contributed by atoms with van der Waals surface area (Å²) in [6.07, 6.45) is -0.382. The lowest BCUT2D eigenvalue weighted by Gasteiger charge is -2.22. The number of carboxylic acid groups (broad SMARTS) is 2. The molecule has 4 N–H and O–H groups in total. The van der Waals surface area contributed by atoms with Crippen LogP contribution < -0.4 is 9.47 Å². The first-order chi connectivity index (χ1) is 14.3. The lowest BCUT2D eigenvalue weighted by atomic mass is 9.81. The Balaban J connectivity index is 2.21. The van der Waals surface area contributed by atoms with Crippen molar-refractivity contribution in [2.24, 2.45) is 5.92 Å². The largest absolute Gasteiger partial charge is 0.504 e. The molecule has 0 radical (unpaired) electrons. The second-order valence-corrected chi connectivity index (χ2v) is 7.09. The van der Waals surface area contributed by atoms with E-state index in [9.17, 15) is 30.0 Å². The lowest BCUT2D eigenvalue weighted by molar-refractivity contribution is -0.143. The smallest absolute Gasteiger partial charge is 0.308 e. The van der Waals surface area contributed by atoms with Crippen LogP contribution in [0.4, 0.5) is 0 Å². The summed E-state index contributed by atoms with van der Waals surface area (Å²) in [5, 5.41) is 39.8. The molecule has 0 saturated heterocycles. The molecular weight excluding hydrogens is 392 g/mol. The molecule has 1 aliphatic rings. The molecule has 160 valence electrons. The monoisotopic (exact) mass is 416 g/mol. The topological polar surface area (TPSA) is 134 Å². The molecule has 2 aromatic carbocycles. The highest BCUT2D eigenvalue weighted by molar-refractivity contribution is 5.79. The number of hydrogen-bond acceptors (Lipinski definition) is 6. The molecule has 1 aliphatic carbocycles. The van der Waals surface area contributed by atoms with Gasteiger partial charge in [-0.1, -0.05) is 6.07 Å². The average Bonchev–Trinajstić information content (AvgIpc) is 2.97. The first-order valence-electron chi connectivity index (χ1n) is 9.68. The Morgan fingerprint density at radius 1 is 0.900 bits per heavy atom. The number of phenolic OH excluding ortho intramolecular Hbond substituents is 2. The fourth-order valence-electron chi connectivity index (χ4n) is 4.20. The van der Waals surface area contributed by atoms with Gasteiger partial charge in [0.15, 0.2) is 23.0 Å². The molecule has 8 nitrogen and oxygen atoms in total. The van der Waals surface area contributed by atoms with Crippen LogP contribution in [0.2, 0.25) is 0 Å². The number of phenols is 2. The van der Waals surface area contributed by atoms with Gasteiger partial charge in [-0.2, -0.15) is 0 Å². The maximum Gasteiger partial charge on any atom is 0.308 e. The maximum atomic E-state index is 12.3. The zero-order valence-corrected chi connectivity index (χ0v) is 16.7. The highest BCUT2D eigenvalue weighted by Gasteiger charge is 2.47. The van der Waals surface area contributed by atoms with Gasteiger partial charge in [-0.05, 0) is 54.8 Å². The summed E-state index contributed by atoms with van der Waals surface area (Å²) in [7, 11) is 0. The van der Waals surface area contributed by atoms with E-state index in [4.69, 9.17) is 9.47 Å². The van der Waals surface area contributed by atoms with E-state index < -0.39 is 29.7 Å². The van der Waals surface area contributed by atoms with Crippen molar-refractivity contribution in [1.82, 2.24) is 0 Å². The Morgan fingerprint density at radius 3 is 2.10 bits per heavy atom.